The van der Waals surface area contributed by atoms with Gasteiger partial charge in [0, 0.05) is 15.8 Å². The van der Waals surface area contributed by atoms with Crippen LogP contribution in [0.2, 0.25) is 0 Å². The van der Waals surface area contributed by atoms with Crippen LogP contribution in [0.5, 0.6) is 0 Å². The Labute approximate surface area is 164 Å². The van der Waals surface area contributed by atoms with E-state index in [1.807, 2.05) is 13.0 Å². The van der Waals surface area contributed by atoms with Crippen molar-refractivity contribution in [3.05, 3.63) is 68.4 Å². The first kappa shape index (κ1) is 18.2. The lowest BCUT2D eigenvalue weighted by Crippen LogP contribution is -2.23. The van der Waals surface area contributed by atoms with E-state index in [9.17, 15) is 4.79 Å². The molecule has 0 bridgehead atoms. The molecule has 0 atom stereocenters. The van der Waals surface area contributed by atoms with Crippen molar-refractivity contribution in [1.82, 2.24) is 5.32 Å². The highest BCUT2D eigenvalue weighted by molar-refractivity contribution is 7.13. The van der Waals surface area contributed by atoms with E-state index in [-0.39, 0.29) is 5.97 Å². The van der Waals surface area contributed by atoms with E-state index < -0.39 is 0 Å². The minimum Gasteiger partial charge on any atom is -0.463 e. The molecule has 2 heterocycles. The molecule has 4 heteroatoms. The molecule has 1 aromatic carbocycles. The smallest absolute Gasteiger partial charge is 0.330 e. The van der Waals surface area contributed by atoms with Gasteiger partial charge in [0.05, 0.1) is 6.61 Å². The van der Waals surface area contributed by atoms with Crippen molar-refractivity contribution in [2.45, 2.75) is 32.6 Å². The highest BCUT2D eigenvalue weighted by Crippen LogP contribution is 2.41. The number of carbonyl (C=O) groups is 1. The van der Waals surface area contributed by atoms with Gasteiger partial charge >= 0.3 is 5.97 Å². The Morgan fingerprint density at radius 2 is 1.96 bits per heavy atom. The van der Waals surface area contributed by atoms with Crippen molar-refractivity contribution in [1.29, 1.82) is 0 Å². The lowest BCUT2D eigenvalue weighted by atomic mass is 9.88. The average molecular weight is 380 g/mol. The van der Waals surface area contributed by atoms with Gasteiger partial charge in [-0.3, -0.25) is 0 Å². The van der Waals surface area contributed by atoms with E-state index in [0.29, 0.717) is 6.61 Å². The van der Waals surface area contributed by atoms with Gasteiger partial charge in [-0.15, -0.1) is 11.3 Å². The summed E-state index contributed by atoms with van der Waals surface area (Å²) in [6.07, 6.45) is 7.77. The maximum Gasteiger partial charge on any atom is 0.330 e. The fraction of sp³-hybridized carbons (Fsp3) is 0.348. The van der Waals surface area contributed by atoms with Crippen molar-refractivity contribution in [3.8, 4) is 0 Å². The summed E-state index contributed by atoms with van der Waals surface area (Å²) in [5, 5.41) is 3.47. The van der Waals surface area contributed by atoms with Crippen LogP contribution in [0.4, 0.5) is 0 Å². The van der Waals surface area contributed by atoms with Gasteiger partial charge in [-0.2, -0.15) is 0 Å². The third-order valence-electron chi connectivity index (χ3n) is 5.24. The molecule has 1 aromatic heterocycles. The van der Waals surface area contributed by atoms with Crippen molar-refractivity contribution >= 4 is 29.0 Å². The molecule has 0 spiro atoms. The van der Waals surface area contributed by atoms with Crippen LogP contribution in [-0.4, -0.2) is 25.7 Å². The van der Waals surface area contributed by atoms with Crippen LogP contribution in [0, 0.1) is 0 Å². The summed E-state index contributed by atoms with van der Waals surface area (Å²) in [5.41, 5.74) is 7.21. The first-order valence-corrected chi connectivity index (χ1v) is 10.6. The van der Waals surface area contributed by atoms with E-state index in [1.54, 1.807) is 23.0 Å². The number of piperidine rings is 1. The fourth-order valence-electron chi connectivity index (χ4n) is 4.00. The standard InChI is InChI=1S/C23H25NO2S/c1-2-26-22(25)10-8-18-15-20-21(27-18)9-7-16-5-3-4-6-19(16)23(20)17-11-13-24-14-12-17/h3-6,8,10,15,24H,2,7,9,11-14H2,1H3/b10-8+. The van der Waals surface area contributed by atoms with Crippen LogP contribution in [0.1, 0.15) is 46.2 Å². The molecule has 2 aliphatic rings. The van der Waals surface area contributed by atoms with E-state index in [4.69, 9.17) is 4.74 Å². The summed E-state index contributed by atoms with van der Waals surface area (Å²) in [6.45, 7) is 4.34. The predicted octanol–water partition coefficient (Wildman–Crippen LogP) is 4.61. The number of aryl methyl sites for hydroxylation is 2. The maximum atomic E-state index is 11.7. The average Bonchev–Trinajstić information content (AvgIpc) is 3.03. The number of benzene rings is 1. The molecule has 1 fully saturated rings. The molecule has 0 saturated carbocycles. The molecule has 1 aliphatic carbocycles. The number of carbonyl (C=O) groups excluding carboxylic acids is 1. The molecule has 1 saturated heterocycles. The summed E-state index contributed by atoms with van der Waals surface area (Å²) >= 11 is 1.80. The molecular formula is C23H25NO2S. The molecule has 1 aliphatic heterocycles. The van der Waals surface area contributed by atoms with Gasteiger partial charge in [-0.1, -0.05) is 29.8 Å². The molecule has 1 N–H and O–H groups in total. The third-order valence-corrected chi connectivity index (χ3v) is 6.40. The minimum absolute atomic E-state index is 0.275. The number of nitrogens with one attached hydrogen (secondary N) is 1. The minimum atomic E-state index is -0.275. The molecule has 27 heavy (non-hydrogen) atoms. The van der Waals surface area contributed by atoms with Crippen LogP contribution in [0.25, 0.3) is 11.6 Å². The van der Waals surface area contributed by atoms with E-state index in [2.05, 4.69) is 35.6 Å². The second-order valence-electron chi connectivity index (χ2n) is 6.96. The first-order valence-electron chi connectivity index (χ1n) is 9.75. The lowest BCUT2D eigenvalue weighted by Gasteiger charge is -2.21. The molecule has 3 nitrogen and oxygen atoms in total. The van der Waals surface area contributed by atoms with E-state index >= 15 is 0 Å². The van der Waals surface area contributed by atoms with Gasteiger partial charge in [-0.05, 0) is 80.1 Å². The van der Waals surface area contributed by atoms with Gasteiger partial charge in [-0.25, -0.2) is 4.79 Å². The van der Waals surface area contributed by atoms with Crippen molar-refractivity contribution < 1.29 is 9.53 Å². The summed E-state index contributed by atoms with van der Waals surface area (Å²) in [7, 11) is 0. The van der Waals surface area contributed by atoms with E-state index in [0.717, 1.165) is 43.6 Å². The molecule has 2 aromatic rings. The Morgan fingerprint density at radius 3 is 2.78 bits per heavy atom. The van der Waals surface area contributed by atoms with Crippen molar-refractivity contribution in [3.63, 3.8) is 0 Å². The van der Waals surface area contributed by atoms with Gasteiger partial charge in [0.2, 0.25) is 0 Å². The summed E-state index contributed by atoms with van der Waals surface area (Å²) in [4.78, 5) is 14.2. The van der Waals surface area contributed by atoms with Crippen molar-refractivity contribution in [2.24, 2.45) is 0 Å². The SMILES string of the molecule is CCOC(=O)/C=C/c1cc2c(s1)CCc1ccccc1C2=C1CCNCC1. The normalized spacial score (nSPS) is 16.8. The second kappa shape index (κ2) is 8.24. The molecular weight excluding hydrogens is 354 g/mol. The van der Waals surface area contributed by atoms with Crippen LogP contribution in [0.15, 0.2) is 42.0 Å². The zero-order valence-corrected chi connectivity index (χ0v) is 16.5. The first-order chi connectivity index (χ1) is 13.3. The largest absolute Gasteiger partial charge is 0.463 e. The van der Waals surface area contributed by atoms with Crippen LogP contribution >= 0.6 is 11.3 Å². The Kier molecular flexibility index (Phi) is 5.55. The molecule has 4 rings (SSSR count). The monoisotopic (exact) mass is 379 g/mol. The Morgan fingerprint density at radius 1 is 1.15 bits per heavy atom. The Hall–Kier alpha value is -2.17. The van der Waals surface area contributed by atoms with Crippen LogP contribution < -0.4 is 5.32 Å². The number of thiophene rings is 1. The second-order valence-corrected chi connectivity index (χ2v) is 8.13. The molecule has 140 valence electrons. The number of rotatable bonds is 3. The number of esters is 1. The number of hydrogen-bond acceptors (Lipinski definition) is 4. The third kappa shape index (κ3) is 3.92. The molecule has 0 amide bonds. The topological polar surface area (TPSA) is 38.3 Å². The number of hydrogen-bond donors (Lipinski definition) is 1. The highest BCUT2D eigenvalue weighted by Gasteiger charge is 2.23. The van der Waals surface area contributed by atoms with Crippen molar-refractivity contribution in [2.75, 3.05) is 19.7 Å². The number of fused-ring (bicyclic) bond motifs is 2. The molecule has 0 radical (unpaired) electrons. The van der Waals surface area contributed by atoms with Gasteiger partial charge in [0.25, 0.3) is 0 Å². The van der Waals surface area contributed by atoms with Gasteiger partial charge in [0.1, 0.15) is 0 Å². The summed E-state index contributed by atoms with van der Waals surface area (Å²) in [5.74, 6) is -0.275. The lowest BCUT2D eigenvalue weighted by molar-refractivity contribution is -0.137. The van der Waals surface area contributed by atoms with Crippen LogP contribution in [0.3, 0.4) is 0 Å². The Bertz CT molecular complexity index is 899. The summed E-state index contributed by atoms with van der Waals surface area (Å²) < 4.78 is 5.01. The zero-order valence-electron chi connectivity index (χ0n) is 15.7. The van der Waals surface area contributed by atoms with Gasteiger partial charge in [0.15, 0.2) is 0 Å². The summed E-state index contributed by atoms with van der Waals surface area (Å²) in [6, 6.07) is 11.1. The highest BCUT2D eigenvalue weighted by atomic mass is 32.1. The Balaban J connectivity index is 1.78. The van der Waals surface area contributed by atoms with E-state index in [1.165, 1.54) is 27.1 Å². The zero-order chi connectivity index (χ0) is 18.6. The maximum absolute atomic E-state index is 11.7. The quantitative estimate of drug-likeness (QED) is 0.625. The molecule has 0 unspecified atom stereocenters. The number of ether oxygens (including phenoxy) is 1. The van der Waals surface area contributed by atoms with Gasteiger partial charge < -0.3 is 10.1 Å². The van der Waals surface area contributed by atoms with Crippen LogP contribution in [-0.2, 0) is 22.4 Å². The fourth-order valence-corrected chi connectivity index (χ4v) is 5.08. The predicted molar refractivity (Wildman–Crippen MR) is 112 cm³/mol.